The summed E-state index contributed by atoms with van der Waals surface area (Å²) in [6.45, 7) is 4.72. The van der Waals surface area contributed by atoms with Crippen LogP contribution in [0.4, 0.5) is 0 Å². The van der Waals surface area contributed by atoms with Crippen molar-refractivity contribution in [3.8, 4) is 0 Å². The maximum atomic E-state index is 4.69. The summed E-state index contributed by atoms with van der Waals surface area (Å²) < 4.78 is 3.90. The Morgan fingerprint density at radius 2 is 2.00 bits per heavy atom. The van der Waals surface area contributed by atoms with Gasteiger partial charge in [0.2, 0.25) is 0 Å². The predicted molar refractivity (Wildman–Crippen MR) is 84.0 cm³/mol. The summed E-state index contributed by atoms with van der Waals surface area (Å²) in [5, 5.41) is 13.8. The molecule has 3 rings (SSSR count). The minimum absolute atomic E-state index is 0.792. The van der Waals surface area contributed by atoms with E-state index in [9.17, 15) is 0 Å². The molecule has 0 aliphatic rings. The summed E-state index contributed by atoms with van der Waals surface area (Å²) >= 11 is 0. The van der Waals surface area contributed by atoms with Gasteiger partial charge in [-0.3, -0.25) is 9.36 Å². The van der Waals surface area contributed by atoms with Gasteiger partial charge in [0.05, 0.1) is 16.9 Å². The fourth-order valence-electron chi connectivity index (χ4n) is 2.59. The third kappa shape index (κ3) is 2.97. The number of aromatic nitrogens is 4. The zero-order valence-corrected chi connectivity index (χ0v) is 12.6. The summed E-state index contributed by atoms with van der Waals surface area (Å²) in [5.41, 5.74) is 3.45. The van der Waals surface area contributed by atoms with Crippen molar-refractivity contribution in [3.63, 3.8) is 0 Å². The van der Waals surface area contributed by atoms with Gasteiger partial charge in [0.15, 0.2) is 0 Å². The lowest BCUT2D eigenvalue weighted by atomic mass is 10.2. The highest BCUT2D eigenvalue weighted by atomic mass is 15.3. The Balaban J connectivity index is 1.63. The Kier molecular flexibility index (Phi) is 4.01. The van der Waals surface area contributed by atoms with Crippen molar-refractivity contribution in [1.82, 2.24) is 24.9 Å². The quantitative estimate of drug-likeness (QED) is 0.705. The van der Waals surface area contributed by atoms with Crippen LogP contribution < -0.4 is 5.32 Å². The third-order valence-corrected chi connectivity index (χ3v) is 3.65. The molecule has 110 valence electrons. The molecule has 5 heteroatoms. The lowest BCUT2D eigenvalue weighted by Gasteiger charge is -2.01. The minimum atomic E-state index is 0.792. The number of nitrogens with zero attached hydrogens (tertiary/aromatic N) is 4. The largest absolute Gasteiger partial charge is 0.311 e. The number of nitrogens with one attached hydrogen (secondary N) is 1. The molecule has 0 radical (unpaired) electrons. The van der Waals surface area contributed by atoms with Gasteiger partial charge in [-0.1, -0.05) is 18.2 Å². The molecule has 1 N–H and O–H groups in total. The highest BCUT2D eigenvalue weighted by molar-refractivity contribution is 5.81. The number of fused-ring (bicyclic) bond motifs is 1. The molecular weight excluding hydrogens is 262 g/mol. The van der Waals surface area contributed by atoms with E-state index in [-0.39, 0.29) is 0 Å². The summed E-state index contributed by atoms with van der Waals surface area (Å²) in [5.74, 6) is 0. The van der Waals surface area contributed by atoms with Gasteiger partial charge in [-0.15, -0.1) is 0 Å². The van der Waals surface area contributed by atoms with Crippen LogP contribution in [-0.4, -0.2) is 26.1 Å². The second kappa shape index (κ2) is 6.10. The van der Waals surface area contributed by atoms with Crippen LogP contribution in [0.25, 0.3) is 10.9 Å². The third-order valence-electron chi connectivity index (χ3n) is 3.65. The highest BCUT2D eigenvalue weighted by Crippen LogP contribution is 2.18. The molecule has 0 bridgehead atoms. The minimum Gasteiger partial charge on any atom is -0.311 e. The molecule has 0 aliphatic heterocycles. The maximum absolute atomic E-state index is 4.69. The van der Waals surface area contributed by atoms with Crippen molar-refractivity contribution in [2.75, 3.05) is 6.54 Å². The molecule has 0 atom stereocenters. The van der Waals surface area contributed by atoms with Crippen LogP contribution in [0.2, 0.25) is 0 Å². The van der Waals surface area contributed by atoms with E-state index in [2.05, 4.69) is 52.4 Å². The SMILES string of the molecule is CCn1nc(CNCCc2ccn(C)n2)c2ccccc21. The average molecular weight is 283 g/mol. The van der Waals surface area contributed by atoms with Gasteiger partial charge >= 0.3 is 0 Å². The van der Waals surface area contributed by atoms with Crippen molar-refractivity contribution < 1.29 is 0 Å². The Bertz CT molecular complexity index is 725. The number of benzene rings is 1. The molecule has 5 nitrogen and oxygen atoms in total. The number of rotatable bonds is 6. The first kappa shape index (κ1) is 13.8. The Labute approximate surface area is 124 Å². The lowest BCUT2D eigenvalue weighted by Crippen LogP contribution is -2.17. The number of hydrogen-bond donors (Lipinski definition) is 1. The van der Waals surface area contributed by atoms with E-state index >= 15 is 0 Å². The van der Waals surface area contributed by atoms with Crippen molar-refractivity contribution >= 4 is 10.9 Å². The topological polar surface area (TPSA) is 47.7 Å². The summed E-state index contributed by atoms with van der Waals surface area (Å²) in [7, 11) is 1.94. The fourth-order valence-corrected chi connectivity index (χ4v) is 2.59. The van der Waals surface area contributed by atoms with E-state index in [1.807, 2.05) is 17.9 Å². The molecule has 0 fully saturated rings. The Morgan fingerprint density at radius 1 is 1.14 bits per heavy atom. The second-order valence-electron chi connectivity index (χ2n) is 5.19. The standard InChI is InChI=1S/C16H21N5/c1-3-21-16-7-5-4-6-14(16)15(19-21)12-17-10-8-13-9-11-20(2)18-13/h4-7,9,11,17H,3,8,10,12H2,1-2H3. The van der Waals surface area contributed by atoms with Crippen LogP contribution in [0.3, 0.4) is 0 Å². The van der Waals surface area contributed by atoms with Crippen molar-refractivity contribution in [2.45, 2.75) is 26.4 Å². The fraction of sp³-hybridized carbons (Fsp3) is 0.375. The van der Waals surface area contributed by atoms with E-state index in [1.165, 1.54) is 10.9 Å². The summed E-state index contributed by atoms with van der Waals surface area (Å²) in [6.07, 6.45) is 2.92. The number of aryl methyl sites for hydroxylation is 2. The molecule has 2 aromatic heterocycles. The van der Waals surface area contributed by atoms with Crippen LogP contribution in [0.5, 0.6) is 0 Å². The molecule has 1 aromatic carbocycles. The van der Waals surface area contributed by atoms with Crippen LogP contribution in [0.1, 0.15) is 18.3 Å². The van der Waals surface area contributed by atoms with Gasteiger partial charge in [-0.2, -0.15) is 10.2 Å². The first-order valence-corrected chi connectivity index (χ1v) is 7.41. The molecule has 0 saturated carbocycles. The van der Waals surface area contributed by atoms with Crippen LogP contribution >= 0.6 is 0 Å². The monoisotopic (exact) mass is 283 g/mol. The Morgan fingerprint density at radius 3 is 2.76 bits per heavy atom. The number of hydrogen-bond acceptors (Lipinski definition) is 3. The van der Waals surface area contributed by atoms with E-state index in [0.29, 0.717) is 0 Å². The van der Waals surface area contributed by atoms with Gasteiger partial charge in [0.25, 0.3) is 0 Å². The molecule has 0 spiro atoms. The molecule has 0 saturated heterocycles. The molecule has 2 heterocycles. The van der Waals surface area contributed by atoms with Crippen molar-refractivity contribution in [2.24, 2.45) is 7.05 Å². The molecule has 0 unspecified atom stereocenters. The highest BCUT2D eigenvalue weighted by Gasteiger charge is 2.08. The average Bonchev–Trinajstić information content (AvgIpc) is 3.07. The van der Waals surface area contributed by atoms with Crippen LogP contribution in [-0.2, 0) is 26.6 Å². The van der Waals surface area contributed by atoms with Gasteiger partial charge in [-0.25, -0.2) is 0 Å². The van der Waals surface area contributed by atoms with E-state index in [0.717, 1.165) is 37.4 Å². The summed E-state index contributed by atoms with van der Waals surface area (Å²) in [4.78, 5) is 0. The molecule has 3 aromatic rings. The van der Waals surface area contributed by atoms with Gasteiger partial charge in [0, 0.05) is 44.7 Å². The number of para-hydroxylation sites is 1. The predicted octanol–water partition coefficient (Wildman–Crippen LogP) is 2.12. The maximum Gasteiger partial charge on any atom is 0.0841 e. The zero-order valence-electron chi connectivity index (χ0n) is 12.6. The van der Waals surface area contributed by atoms with Gasteiger partial charge < -0.3 is 5.32 Å². The first-order valence-electron chi connectivity index (χ1n) is 7.41. The zero-order chi connectivity index (χ0) is 14.7. The second-order valence-corrected chi connectivity index (χ2v) is 5.19. The first-order chi connectivity index (χ1) is 10.3. The summed E-state index contributed by atoms with van der Waals surface area (Å²) in [6, 6.07) is 10.5. The van der Waals surface area contributed by atoms with Crippen LogP contribution in [0, 0.1) is 0 Å². The van der Waals surface area contributed by atoms with Crippen molar-refractivity contribution in [3.05, 3.63) is 47.9 Å². The van der Waals surface area contributed by atoms with E-state index in [1.54, 1.807) is 0 Å². The van der Waals surface area contributed by atoms with Gasteiger partial charge in [-0.05, 0) is 19.1 Å². The normalized spacial score (nSPS) is 11.3. The van der Waals surface area contributed by atoms with Crippen molar-refractivity contribution in [1.29, 1.82) is 0 Å². The van der Waals surface area contributed by atoms with Gasteiger partial charge in [0.1, 0.15) is 0 Å². The van der Waals surface area contributed by atoms with E-state index < -0.39 is 0 Å². The molecule has 0 amide bonds. The smallest absolute Gasteiger partial charge is 0.0841 e. The molecular formula is C16H21N5. The Hall–Kier alpha value is -2.14. The lowest BCUT2D eigenvalue weighted by molar-refractivity contribution is 0.625. The molecule has 0 aliphatic carbocycles. The molecule has 21 heavy (non-hydrogen) atoms. The van der Waals surface area contributed by atoms with E-state index in [4.69, 9.17) is 5.10 Å². The van der Waals surface area contributed by atoms with Crippen LogP contribution in [0.15, 0.2) is 36.5 Å².